The monoisotopic (exact) mass is 349 g/mol. The number of benzene rings is 2. The lowest BCUT2D eigenvalue weighted by Gasteiger charge is -2.34. The number of allylic oxidation sites excluding steroid dienone is 1. The summed E-state index contributed by atoms with van der Waals surface area (Å²) < 4.78 is 0. The van der Waals surface area contributed by atoms with Crippen LogP contribution in [-0.4, -0.2) is 27.9 Å². The minimum absolute atomic E-state index is 0.666. The van der Waals surface area contributed by atoms with Gasteiger partial charge in [0, 0.05) is 18.0 Å². The molecule has 1 atom stereocenters. The van der Waals surface area contributed by atoms with Gasteiger partial charge in [-0.05, 0) is 29.8 Å². The molecule has 0 saturated heterocycles. The van der Waals surface area contributed by atoms with Crippen LogP contribution >= 0.6 is 0 Å². The average molecular weight is 349 g/mol. The fourth-order valence-electron chi connectivity index (χ4n) is 4.07. The number of nitrogens with one attached hydrogen (secondary N) is 1. The standard InChI is InChI=1S/C22H15N5/c1-2-7-15(8-3-1)22(19-11-6-13-23-19)20-25-17-10-5-4-9-16(17)18-12-14-24-21(26-22)27(18)20/h1-14,23H. The molecule has 3 aromatic rings. The van der Waals surface area contributed by atoms with Gasteiger partial charge in [-0.25, -0.2) is 15.0 Å². The lowest BCUT2D eigenvalue weighted by Crippen LogP contribution is -2.43. The Morgan fingerprint density at radius 2 is 1.74 bits per heavy atom. The van der Waals surface area contributed by atoms with Gasteiger partial charge in [0.25, 0.3) is 0 Å². The van der Waals surface area contributed by atoms with Crippen molar-refractivity contribution in [3.8, 4) is 0 Å². The first-order chi connectivity index (χ1) is 13.4. The molecule has 0 saturated carbocycles. The van der Waals surface area contributed by atoms with Gasteiger partial charge in [-0.2, -0.15) is 0 Å². The van der Waals surface area contributed by atoms with E-state index >= 15 is 0 Å². The van der Waals surface area contributed by atoms with Crippen LogP contribution in [0.2, 0.25) is 0 Å². The van der Waals surface area contributed by atoms with E-state index in [1.165, 1.54) is 0 Å². The van der Waals surface area contributed by atoms with Crippen LogP contribution in [0.1, 0.15) is 16.8 Å². The normalized spacial score (nSPS) is 21.9. The quantitative estimate of drug-likeness (QED) is 0.744. The number of nitrogens with zero attached hydrogens (tertiary/aromatic N) is 4. The maximum atomic E-state index is 5.12. The first-order valence-corrected chi connectivity index (χ1v) is 8.90. The van der Waals surface area contributed by atoms with Gasteiger partial charge < -0.3 is 4.98 Å². The van der Waals surface area contributed by atoms with E-state index in [0.29, 0.717) is 5.96 Å². The van der Waals surface area contributed by atoms with Crippen molar-refractivity contribution in [1.29, 1.82) is 0 Å². The molecule has 4 heterocycles. The summed E-state index contributed by atoms with van der Waals surface area (Å²) in [5.41, 5.74) is 4.39. The number of fused-ring (bicyclic) bond motifs is 2. The molecule has 0 spiro atoms. The molecule has 3 aliphatic rings. The highest BCUT2D eigenvalue weighted by Gasteiger charge is 2.52. The lowest BCUT2D eigenvalue weighted by molar-refractivity contribution is 0.691. The number of rotatable bonds is 2. The van der Waals surface area contributed by atoms with Gasteiger partial charge in [0.15, 0.2) is 11.4 Å². The summed E-state index contributed by atoms with van der Waals surface area (Å²) in [6, 6.07) is 22.5. The summed E-state index contributed by atoms with van der Waals surface area (Å²) in [7, 11) is 0. The fraction of sp³-hybridized carbons (Fsp3) is 0.0455. The Labute approximate surface area is 156 Å². The molecule has 0 bridgehead atoms. The maximum absolute atomic E-state index is 5.12. The van der Waals surface area contributed by atoms with Gasteiger partial charge in [0.1, 0.15) is 0 Å². The van der Waals surface area contributed by atoms with E-state index < -0.39 is 5.54 Å². The Morgan fingerprint density at radius 1 is 0.889 bits per heavy atom. The third-order valence-corrected chi connectivity index (χ3v) is 5.25. The van der Waals surface area contributed by atoms with Crippen molar-refractivity contribution in [3.63, 3.8) is 0 Å². The summed E-state index contributed by atoms with van der Waals surface area (Å²) in [5.74, 6) is 1.52. The number of aliphatic imine (C=N–C) groups is 3. The van der Waals surface area contributed by atoms with Crippen molar-refractivity contribution < 1.29 is 0 Å². The molecule has 0 radical (unpaired) electrons. The van der Waals surface area contributed by atoms with E-state index in [4.69, 9.17) is 9.98 Å². The zero-order valence-electron chi connectivity index (χ0n) is 14.4. The fourth-order valence-corrected chi connectivity index (χ4v) is 4.07. The van der Waals surface area contributed by atoms with Gasteiger partial charge in [0.2, 0.25) is 5.96 Å². The van der Waals surface area contributed by atoms with E-state index in [1.807, 2.05) is 54.9 Å². The van der Waals surface area contributed by atoms with E-state index in [0.717, 1.165) is 34.0 Å². The number of hydrogen-bond acceptors (Lipinski definition) is 4. The number of aromatic nitrogens is 1. The third-order valence-electron chi connectivity index (χ3n) is 5.25. The van der Waals surface area contributed by atoms with E-state index in [-0.39, 0.29) is 0 Å². The highest BCUT2D eigenvalue weighted by molar-refractivity contribution is 6.23. The van der Waals surface area contributed by atoms with Crippen LogP contribution < -0.4 is 0 Å². The molecular weight excluding hydrogens is 334 g/mol. The van der Waals surface area contributed by atoms with Crippen LogP contribution in [0.15, 0.2) is 94.0 Å². The molecule has 27 heavy (non-hydrogen) atoms. The molecule has 5 heteroatoms. The molecule has 6 rings (SSSR count). The highest BCUT2D eigenvalue weighted by atomic mass is 15.4. The van der Waals surface area contributed by atoms with Crippen LogP contribution in [0, 0.1) is 0 Å². The second-order valence-electron chi connectivity index (χ2n) is 6.69. The van der Waals surface area contributed by atoms with Crippen LogP contribution in [0.25, 0.3) is 5.70 Å². The minimum atomic E-state index is -0.756. The van der Waals surface area contributed by atoms with Crippen LogP contribution in [0.5, 0.6) is 0 Å². The Morgan fingerprint density at radius 3 is 2.59 bits per heavy atom. The van der Waals surface area contributed by atoms with E-state index in [2.05, 4.69) is 45.2 Å². The molecule has 0 aliphatic carbocycles. The maximum Gasteiger partial charge on any atom is 0.232 e. The largest absolute Gasteiger partial charge is 0.362 e. The van der Waals surface area contributed by atoms with E-state index in [1.54, 1.807) is 0 Å². The lowest BCUT2D eigenvalue weighted by atomic mass is 9.85. The zero-order valence-corrected chi connectivity index (χ0v) is 14.4. The topological polar surface area (TPSA) is 56.1 Å². The molecule has 0 fully saturated rings. The number of aromatic amines is 1. The SMILES string of the molecule is C1=NC2=NC(c3ccccc3)(c3ccc[nH]3)C3=Nc4ccccc4C(=C1)N23. The average Bonchev–Trinajstić information content (AvgIpc) is 3.37. The molecule has 1 N–H and O–H groups in total. The van der Waals surface area contributed by atoms with Crippen molar-refractivity contribution in [3.05, 3.63) is 95.8 Å². The Kier molecular flexibility index (Phi) is 2.75. The van der Waals surface area contributed by atoms with Crippen molar-refractivity contribution in [2.24, 2.45) is 15.0 Å². The van der Waals surface area contributed by atoms with Crippen LogP contribution in [-0.2, 0) is 5.54 Å². The smallest absolute Gasteiger partial charge is 0.232 e. The van der Waals surface area contributed by atoms with Crippen molar-refractivity contribution >= 4 is 29.4 Å². The van der Waals surface area contributed by atoms with Crippen molar-refractivity contribution in [2.75, 3.05) is 0 Å². The first-order valence-electron chi connectivity index (χ1n) is 8.90. The number of H-pyrrole nitrogens is 1. The summed E-state index contributed by atoms with van der Waals surface area (Å²) in [6.45, 7) is 0. The van der Waals surface area contributed by atoms with Crippen LogP contribution in [0.4, 0.5) is 5.69 Å². The minimum Gasteiger partial charge on any atom is -0.362 e. The molecular formula is C22H15N5. The Hall–Kier alpha value is -3.73. The molecule has 5 nitrogen and oxygen atoms in total. The van der Waals surface area contributed by atoms with Gasteiger partial charge in [0.05, 0.1) is 17.1 Å². The molecule has 128 valence electrons. The number of amidine groups is 1. The van der Waals surface area contributed by atoms with Gasteiger partial charge >= 0.3 is 0 Å². The first kappa shape index (κ1) is 14.4. The van der Waals surface area contributed by atoms with Crippen molar-refractivity contribution in [2.45, 2.75) is 5.54 Å². The second-order valence-corrected chi connectivity index (χ2v) is 6.69. The van der Waals surface area contributed by atoms with E-state index in [9.17, 15) is 0 Å². The summed E-state index contributed by atoms with van der Waals surface area (Å²) >= 11 is 0. The summed E-state index contributed by atoms with van der Waals surface area (Å²) in [4.78, 5) is 20.2. The molecule has 0 amide bonds. The second kappa shape index (κ2) is 5.14. The third kappa shape index (κ3) is 1.80. The van der Waals surface area contributed by atoms with Gasteiger partial charge in [-0.1, -0.05) is 48.5 Å². The number of guanidine groups is 1. The van der Waals surface area contributed by atoms with Crippen molar-refractivity contribution in [1.82, 2.24) is 9.88 Å². The molecule has 1 unspecified atom stereocenters. The summed E-state index contributed by atoms with van der Waals surface area (Å²) in [6.07, 6.45) is 5.78. The van der Waals surface area contributed by atoms with Crippen LogP contribution in [0.3, 0.4) is 0 Å². The molecule has 1 aromatic heterocycles. The highest BCUT2D eigenvalue weighted by Crippen LogP contribution is 2.48. The predicted octanol–water partition coefficient (Wildman–Crippen LogP) is 4.10. The molecule has 3 aliphatic heterocycles. The van der Waals surface area contributed by atoms with Gasteiger partial charge in [-0.15, -0.1) is 0 Å². The Balaban J connectivity index is 1.73. The Bertz CT molecular complexity index is 1170. The predicted molar refractivity (Wildman–Crippen MR) is 107 cm³/mol. The number of para-hydroxylation sites is 1. The van der Waals surface area contributed by atoms with Gasteiger partial charge in [-0.3, -0.25) is 4.90 Å². The molecule has 2 aromatic carbocycles. The number of hydrogen-bond donors (Lipinski definition) is 1. The zero-order chi connectivity index (χ0) is 17.8. The summed E-state index contributed by atoms with van der Waals surface area (Å²) in [5, 5.41) is 0.